The minimum absolute atomic E-state index is 0.300. The van der Waals surface area contributed by atoms with Crippen molar-refractivity contribution in [3.8, 4) is 27.4 Å². The number of aryl methyl sites for hydroxylation is 1. The maximum Gasteiger partial charge on any atom is 0.642 e. The molecule has 0 amide bonds. The topological polar surface area (TPSA) is 29.5 Å². The molecule has 3 aromatic carbocycles. The van der Waals surface area contributed by atoms with Gasteiger partial charge in [0.25, 0.3) is 5.84 Å². The highest BCUT2D eigenvalue weighted by molar-refractivity contribution is 14.1. The highest BCUT2D eigenvalue weighted by Crippen LogP contribution is 2.51. The zero-order chi connectivity index (χ0) is 28.6. The number of methoxy groups -OCH3 is 1. The second-order valence-corrected chi connectivity index (χ2v) is 12.6. The highest BCUT2D eigenvalue weighted by Gasteiger charge is 2.56. The van der Waals surface area contributed by atoms with E-state index in [9.17, 15) is 0 Å². The predicted molar refractivity (Wildman–Crippen MR) is 175 cm³/mol. The number of allylic oxidation sites excluding steroid dienone is 1. The number of aliphatic imine (C=N–C) groups is 1. The Balaban J connectivity index is 1.50. The van der Waals surface area contributed by atoms with Crippen molar-refractivity contribution in [3.05, 3.63) is 122 Å². The van der Waals surface area contributed by atoms with Crippen molar-refractivity contribution in [1.82, 2.24) is 4.48 Å². The first-order valence-electron chi connectivity index (χ1n) is 13.8. The Hall–Kier alpha value is -3.83. The largest absolute Gasteiger partial charge is 0.642 e. The van der Waals surface area contributed by atoms with Gasteiger partial charge in [0.15, 0.2) is 0 Å². The quantitative estimate of drug-likeness (QED) is 0.138. The summed E-state index contributed by atoms with van der Waals surface area (Å²) in [6.45, 7) is -4.34. The third kappa shape index (κ3) is 3.62. The molecule has 0 unspecified atom stereocenters. The van der Waals surface area contributed by atoms with E-state index < -0.39 is 6.97 Å². The lowest BCUT2D eigenvalue weighted by molar-refractivity contribution is -0.291. The van der Waals surface area contributed by atoms with Gasteiger partial charge in [0.1, 0.15) is 5.75 Å². The normalized spacial score (nSPS) is 16.5. The molecule has 2 aromatic heterocycles. The molecular formula is C33H23BF2IN3OS. The van der Waals surface area contributed by atoms with E-state index in [2.05, 4.69) is 22.6 Å². The molecule has 9 heteroatoms. The third-order valence-electron chi connectivity index (χ3n) is 8.32. The van der Waals surface area contributed by atoms with Crippen LogP contribution >= 0.6 is 33.9 Å². The molecule has 1 aliphatic carbocycles. The second kappa shape index (κ2) is 9.60. The number of nitrogens with zero attached hydrogens (tertiary/aromatic N) is 3. The van der Waals surface area contributed by atoms with E-state index in [1.165, 1.54) is 20.3 Å². The van der Waals surface area contributed by atoms with Crippen molar-refractivity contribution < 1.29 is 17.9 Å². The number of amidine groups is 1. The molecule has 8 rings (SSSR count). The molecule has 42 heavy (non-hydrogen) atoms. The van der Waals surface area contributed by atoms with Crippen LogP contribution in [0.3, 0.4) is 0 Å². The van der Waals surface area contributed by atoms with E-state index in [1.54, 1.807) is 7.11 Å². The summed E-state index contributed by atoms with van der Waals surface area (Å²) in [6.07, 6.45) is 1.37. The lowest BCUT2D eigenvalue weighted by Gasteiger charge is -2.32. The van der Waals surface area contributed by atoms with Crippen LogP contribution in [-0.4, -0.2) is 34.6 Å². The zero-order valence-corrected chi connectivity index (χ0v) is 25.5. The van der Waals surface area contributed by atoms with Gasteiger partial charge in [-0.1, -0.05) is 66.7 Å². The number of hydrogen-bond acceptors (Lipinski definition) is 3. The van der Waals surface area contributed by atoms with Gasteiger partial charge in [0.2, 0.25) is 5.82 Å². The molecule has 4 heterocycles. The van der Waals surface area contributed by atoms with E-state index in [1.807, 2.05) is 96.4 Å². The van der Waals surface area contributed by atoms with E-state index in [-0.39, 0.29) is 0 Å². The smallest absolute Gasteiger partial charge is 0.497 e. The fraction of sp³-hybridized carbons (Fsp3) is 0.0909. The summed E-state index contributed by atoms with van der Waals surface area (Å²) in [4.78, 5) is 5.99. The number of aromatic nitrogens is 1. The molecule has 0 spiro atoms. The molecule has 0 N–H and O–H groups in total. The van der Waals surface area contributed by atoms with Crippen LogP contribution in [0, 0.1) is 3.57 Å². The number of rotatable bonds is 4. The second-order valence-electron chi connectivity index (χ2n) is 10.6. The Morgan fingerprint density at radius 1 is 0.929 bits per heavy atom. The molecule has 0 saturated carbocycles. The number of thiophene rings is 1. The Labute approximate surface area is 259 Å². The lowest BCUT2D eigenvalue weighted by Crippen LogP contribution is -2.53. The van der Waals surface area contributed by atoms with Gasteiger partial charge < -0.3 is 22.3 Å². The van der Waals surface area contributed by atoms with Crippen LogP contribution in [0.5, 0.6) is 5.75 Å². The highest BCUT2D eigenvalue weighted by atomic mass is 127. The summed E-state index contributed by atoms with van der Waals surface area (Å²) in [5.41, 5.74) is 7.06. The number of halogens is 3. The first kappa shape index (κ1) is 25.9. The monoisotopic (exact) mass is 685 g/mol. The average Bonchev–Trinajstić information content (AvgIpc) is 3.73. The summed E-state index contributed by atoms with van der Waals surface area (Å²) in [7, 11) is 1.63. The van der Waals surface area contributed by atoms with Crippen LogP contribution in [0.2, 0.25) is 0 Å². The number of fused-ring (bicyclic) bond motifs is 5. The molecule has 0 atom stereocenters. The van der Waals surface area contributed by atoms with Crippen LogP contribution in [0.15, 0.2) is 107 Å². The van der Waals surface area contributed by atoms with Gasteiger partial charge in [-0.3, -0.25) is 0 Å². The van der Waals surface area contributed by atoms with Crippen molar-refractivity contribution in [2.75, 3.05) is 7.11 Å². The number of hydrogen-bond donors (Lipinski definition) is 0. The predicted octanol–water partition coefficient (Wildman–Crippen LogP) is 8.68. The molecule has 206 valence electrons. The van der Waals surface area contributed by atoms with Gasteiger partial charge in [0, 0.05) is 25.3 Å². The fourth-order valence-electron chi connectivity index (χ4n) is 6.55. The van der Waals surface area contributed by atoms with Gasteiger partial charge in [-0.05, 0) is 86.8 Å². The summed E-state index contributed by atoms with van der Waals surface area (Å²) in [5, 5.41) is 1.93. The molecule has 2 aliphatic heterocycles. The first-order valence-corrected chi connectivity index (χ1v) is 15.7. The van der Waals surface area contributed by atoms with Gasteiger partial charge in [-0.25, -0.2) is 0 Å². The molecular weight excluding hydrogens is 662 g/mol. The van der Waals surface area contributed by atoms with Crippen molar-refractivity contribution in [1.29, 1.82) is 0 Å². The minimum atomic E-state index is -4.34. The maximum atomic E-state index is 17.6. The summed E-state index contributed by atoms with van der Waals surface area (Å²) < 4.78 is 43.9. The summed E-state index contributed by atoms with van der Waals surface area (Å²) >= 11 is 3.69. The van der Waals surface area contributed by atoms with Crippen LogP contribution < -0.4 is 4.74 Å². The fourth-order valence-corrected chi connectivity index (χ4v) is 8.61. The Morgan fingerprint density at radius 2 is 1.67 bits per heavy atom. The van der Waals surface area contributed by atoms with Gasteiger partial charge in [-0.2, -0.15) is 0 Å². The average molecular weight is 685 g/mol. The maximum absolute atomic E-state index is 17.6. The Morgan fingerprint density at radius 3 is 2.36 bits per heavy atom. The first-order chi connectivity index (χ1) is 20.5. The SMILES string of the molecule is COc1ccc2c(c1)CCC1=C(c3ccccc3)C3=Nc4c(-c5ccccc5)c(I)c(-c5cccs5)n4[B-](F)(F)[N+]3=C12. The minimum Gasteiger partial charge on any atom is -0.497 e. The van der Waals surface area contributed by atoms with Crippen LogP contribution in [0.25, 0.3) is 27.3 Å². The molecule has 4 nitrogen and oxygen atoms in total. The van der Waals surface area contributed by atoms with E-state index in [0.29, 0.717) is 29.5 Å². The standard InChI is InChI=1S/C33H23BF2IN3OS/c1-41-23-15-17-24-22(19-23)14-16-25-27(20-9-4-2-5-10-20)32-38-33-28(21-11-6-3-7-12-21)29(37)31(26-13-8-18-42-26)40(33)34(35,36)39(32)30(24)25/h2-13,15,17-19H,14,16H2,1H3. The Bertz CT molecular complexity index is 2000. The van der Waals surface area contributed by atoms with Crippen LogP contribution in [-0.2, 0) is 6.42 Å². The molecule has 0 bridgehead atoms. The van der Waals surface area contributed by atoms with Crippen LogP contribution in [0.1, 0.15) is 23.1 Å². The van der Waals surface area contributed by atoms with Crippen molar-refractivity contribution in [2.45, 2.75) is 12.8 Å². The van der Waals surface area contributed by atoms with Gasteiger partial charge in [-0.15, -0.1) is 11.3 Å². The summed E-state index contributed by atoms with van der Waals surface area (Å²) in [6, 6.07) is 29.2. The molecule has 0 saturated heterocycles. The van der Waals surface area contributed by atoms with E-state index >= 15 is 8.63 Å². The number of ether oxygens (including phenoxy) is 1. The van der Waals surface area contributed by atoms with Crippen molar-refractivity contribution in [3.63, 3.8) is 0 Å². The van der Waals surface area contributed by atoms with Crippen molar-refractivity contribution in [2.24, 2.45) is 4.99 Å². The van der Waals surface area contributed by atoms with E-state index in [4.69, 9.17) is 9.73 Å². The molecule has 3 aliphatic rings. The molecule has 0 radical (unpaired) electrons. The van der Waals surface area contributed by atoms with Crippen molar-refractivity contribution >= 4 is 63.8 Å². The Kier molecular flexibility index (Phi) is 5.91. The zero-order valence-electron chi connectivity index (χ0n) is 22.5. The van der Waals surface area contributed by atoms with Gasteiger partial charge >= 0.3 is 6.97 Å². The number of benzene rings is 3. The molecule has 5 aromatic rings. The lowest BCUT2D eigenvalue weighted by atomic mass is 9.83. The van der Waals surface area contributed by atoms with Gasteiger partial charge in [0.05, 0.1) is 24.0 Å². The molecule has 0 fully saturated rings. The van der Waals surface area contributed by atoms with Crippen LogP contribution in [0.4, 0.5) is 14.4 Å². The third-order valence-corrected chi connectivity index (χ3v) is 10.3. The van der Waals surface area contributed by atoms with E-state index in [0.717, 1.165) is 59.6 Å². The summed E-state index contributed by atoms with van der Waals surface area (Å²) in [5.74, 6) is 1.34.